The molecule has 336 valence electrons. The average molecular weight is 892 g/mol. The van der Waals surface area contributed by atoms with Gasteiger partial charge in [0.05, 0.1) is 16.7 Å². The molecule has 9 aromatic carbocycles. The number of hydrogen-bond acceptors (Lipinski definition) is 2. The Kier molecular flexibility index (Phi) is 10.1. The molecule has 1 aromatic heterocycles. The maximum atomic E-state index is 2.50. The first-order valence-corrected chi connectivity index (χ1v) is 24.6. The lowest BCUT2D eigenvalue weighted by atomic mass is 9.82. The summed E-state index contributed by atoms with van der Waals surface area (Å²) >= 11 is 0. The minimum Gasteiger partial charge on any atom is -0.310 e. The van der Waals surface area contributed by atoms with Crippen molar-refractivity contribution in [2.45, 2.75) is 58.8 Å². The summed E-state index contributed by atoms with van der Waals surface area (Å²) in [5.74, 6) is 0.471. The Balaban J connectivity index is 1.11. The highest BCUT2D eigenvalue weighted by Crippen LogP contribution is 2.51. The second-order valence-corrected chi connectivity index (χ2v) is 20.7. The van der Waals surface area contributed by atoms with Gasteiger partial charge in [-0.1, -0.05) is 175 Å². The van der Waals surface area contributed by atoms with Gasteiger partial charge >= 0.3 is 0 Å². The summed E-state index contributed by atoms with van der Waals surface area (Å²) < 4.78 is 2.43. The van der Waals surface area contributed by atoms with Crippen LogP contribution in [-0.4, -0.2) is 4.57 Å². The molecule has 0 spiro atoms. The zero-order valence-corrected chi connectivity index (χ0v) is 40.4. The van der Waals surface area contributed by atoms with Crippen molar-refractivity contribution in [3.8, 4) is 27.9 Å². The Labute approximate surface area is 406 Å². The van der Waals surface area contributed by atoms with Crippen LogP contribution in [0.25, 0.3) is 60.5 Å². The van der Waals surface area contributed by atoms with Crippen molar-refractivity contribution < 1.29 is 0 Å². The van der Waals surface area contributed by atoms with Gasteiger partial charge in [-0.05, 0) is 147 Å². The van der Waals surface area contributed by atoms with Crippen LogP contribution in [0.4, 0.5) is 28.4 Å². The largest absolute Gasteiger partial charge is 0.310 e. The van der Waals surface area contributed by atoms with Gasteiger partial charge in [0.15, 0.2) is 0 Å². The molecule has 2 aliphatic carbocycles. The fraction of sp³-hybridized carbons (Fsp3) is 0.152. The van der Waals surface area contributed by atoms with E-state index in [0.717, 1.165) is 46.0 Å². The Morgan fingerprint density at radius 2 is 1.19 bits per heavy atom. The van der Waals surface area contributed by atoms with E-state index < -0.39 is 0 Å². The number of aromatic nitrogens is 1. The van der Waals surface area contributed by atoms with Crippen LogP contribution in [0.3, 0.4) is 0 Å². The summed E-state index contributed by atoms with van der Waals surface area (Å²) in [4.78, 5) is 4.96. The predicted octanol–water partition coefficient (Wildman–Crippen LogP) is 18.3. The zero-order valence-electron chi connectivity index (χ0n) is 40.4. The van der Waals surface area contributed by atoms with E-state index >= 15 is 0 Å². The SMILES string of the molecule is CC1C=CC(N(c2cc(-c3ccc4c(c3)c3ccccc3n4-c3ccc(C(C)(C)C)cc3)cc(N(c3ccccc3)c3ccc4c(c3)C(C)(C)c3ccccc3-4)c2)c2cccc3ccccc23)=CC1. The molecule has 1 unspecified atom stereocenters. The molecule has 0 amide bonds. The molecule has 0 N–H and O–H groups in total. The Bertz CT molecular complexity index is 3670. The molecular weight excluding hydrogens is 835 g/mol. The second kappa shape index (κ2) is 16.4. The van der Waals surface area contributed by atoms with Gasteiger partial charge in [-0.3, -0.25) is 0 Å². The molecular formula is C66H57N3. The van der Waals surface area contributed by atoms with Crippen LogP contribution in [0.2, 0.25) is 0 Å². The lowest BCUT2D eigenvalue weighted by molar-refractivity contribution is 0.590. The molecule has 0 aliphatic heterocycles. The van der Waals surface area contributed by atoms with Gasteiger partial charge in [-0.2, -0.15) is 0 Å². The van der Waals surface area contributed by atoms with Crippen LogP contribution < -0.4 is 9.80 Å². The van der Waals surface area contributed by atoms with E-state index in [-0.39, 0.29) is 10.8 Å². The van der Waals surface area contributed by atoms with Gasteiger partial charge in [-0.25, -0.2) is 0 Å². The zero-order chi connectivity index (χ0) is 47.0. The van der Waals surface area contributed by atoms with Crippen molar-refractivity contribution in [1.29, 1.82) is 0 Å². The average Bonchev–Trinajstić information content (AvgIpc) is 3.82. The number of nitrogens with zero attached hydrogens (tertiary/aromatic N) is 3. The molecule has 10 aromatic rings. The van der Waals surface area contributed by atoms with Crippen molar-refractivity contribution in [2.24, 2.45) is 5.92 Å². The number of para-hydroxylation sites is 2. The van der Waals surface area contributed by atoms with E-state index in [1.165, 1.54) is 71.8 Å². The van der Waals surface area contributed by atoms with Crippen LogP contribution in [0.15, 0.2) is 224 Å². The van der Waals surface area contributed by atoms with Crippen molar-refractivity contribution >= 4 is 61.0 Å². The van der Waals surface area contributed by atoms with E-state index in [9.17, 15) is 0 Å². The van der Waals surface area contributed by atoms with Gasteiger partial charge in [-0.15, -0.1) is 0 Å². The van der Waals surface area contributed by atoms with Crippen molar-refractivity contribution in [3.05, 3.63) is 241 Å². The Hall–Kier alpha value is -7.88. The topological polar surface area (TPSA) is 11.4 Å². The van der Waals surface area contributed by atoms with Gasteiger partial charge in [0.1, 0.15) is 0 Å². The van der Waals surface area contributed by atoms with Crippen molar-refractivity contribution in [2.75, 3.05) is 9.80 Å². The Morgan fingerprint density at radius 1 is 0.507 bits per heavy atom. The molecule has 3 heteroatoms. The number of benzene rings is 9. The van der Waals surface area contributed by atoms with Crippen LogP contribution >= 0.6 is 0 Å². The lowest BCUT2D eigenvalue weighted by Crippen LogP contribution is -2.19. The van der Waals surface area contributed by atoms with Gasteiger partial charge < -0.3 is 14.4 Å². The molecule has 3 nitrogen and oxygen atoms in total. The van der Waals surface area contributed by atoms with Gasteiger partial charge in [0, 0.05) is 55.7 Å². The maximum Gasteiger partial charge on any atom is 0.0541 e. The summed E-state index contributed by atoms with van der Waals surface area (Å²) in [6.45, 7) is 13.9. The third kappa shape index (κ3) is 7.27. The fourth-order valence-corrected chi connectivity index (χ4v) is 11.1. The third-order valence-electron chi connectivity index (χ3n) is 14.8. The summed E-state index contributed by atoms with van der Waals surface area (Å²) in [5.41, 5.74) is 19.2. The predicted molar refractivity (Wildman–Crippen MR) is 294 cm³/mol. The van der Waals surface area contributed by atoms with E-state index in [1.54, 1.807) is 0 Å². The highest BCUT2D eigenvalue weighted by atomic mass is 15.2. The molecule has 12 rings (SSSR count). The third-order valence-corrected chi connectivity index (χ3v) is 14.8. The molecule has 1 heterocycles. The van der Waals surface area contributed by atoms with Crippen LogP contribution in [0, 0.1) is 5.92 Å². The first kappa shape index (κ1) is 42.5. The number of hydrogen-bond donors (Lipinski definition) is 0. The number of rotatable bonds is 8. The molecule has 0 fully saturated rings. The van der Waals surface area contributed by atoms with E-state index in [2.05, 4.69) is 274 Å². The number of fused-ring (bicyclic) bond motifs is 7. The number of anilines is 5. The normalized spacial score (nSPS) is 15.0. The molecule has 2 aliphatic rings. The van der Waals surface area contributed by atoms with Crippen LogP contribution in [0.5, 0.6) is 0 Å². The molecule has 1 atom stereocenters. The second-order valence-electron chi connectivity index (χ2n) is 20.7. The van der Waals surface area contributed by atoms with Gasteiger partial charge in [0.2, 0.25) is 0 Å². The maximum absolute atomic E-state index is 2.50. The quantitative estimate of drug-likeness (QED) is 0.151. The summed E-state index contributed by atoms with van der Waals surface area (Å²) in [5, 5.41) is 4.90. The number of allylic oxidation sites excluding steroid dienone is 3. The minimum absolute atomic E-state index is 0.0755. The highest BCUT2D eigenvalue weighted by molar-refractivity contribution is 6.11. The van der Waals surface area contributed by atoms with E-state index in [4.69, 9.17) is 0 Å². The monoisotopic (exact) mass is 891 g/mol. The molecule has 69 heavy (non-hydrogen) atoms. The van der Waals surface area contributed by atoms with Crippen LogP contribution in [0.1, 0.15) is 64.7 Å². The summed E-state index contributed by atoms with van der Waals surface area (Å²) in [6, 6.07) is 74.7. The summed E-state index contributed by atoms with van der Waals surface area (Å²) in [7, 11) is 0. The smallest absolute Gasteiger partial charge is 0.0541 e. The van der Waals surface area contributed by atoms with Crippen LogP contribution in [-0.2, 0) is 10.8 Å². The van der Waals surface area contributed by atoms with Crippen molar-refractivity contribution in [1.82, 2.24) is 4.57 Å². The first-order valence-electron chi connectivity index (χ1n) is 24.6. The molecule has 0 radical (unpaired) electrons. The summed E-state index contributed by atoms with van der Waals surface area (Å²) in [6.07, 6.45) is 8.08. The first-order chi connectivity index (χ1) is 33.5. The minimum atomic E-state index is -0.150. The fourth-order valence-electron chi connectivity index (χ4n) is 11.1. The van der Waals surface area contributed by atoms with E-state index in [0.29, 0.717) is 5.92 Å². The Morgan fingerprint density at radius 3 is 1.97 bits per heavy atom. The van der Waals surface area contributed by atoms with Gasteiger partial charge in [0.25, 0.3) is 0 Å². The lowest BCUT2D eigenvalue weighted by Gasteiger charge is -2.33. The molecule has 0 saturated heterocycles. The highest BCUT2D eigenvalue weighted by Gasteiger charge is 2.36. The molecule has 0 bridgehead atoms. The standard InChI is InChI=1S/C66H57N3/c1-44-27-32-50(33-28-44)68(62-26-16-18-45-17-10-11-21-55(45)62)54-40-47(46-29-38-64-59(41-46)58-23-13-15-25-63(58)69(64)51-34-30-48(31-35-51)65(2,3)4)39-53(42-54)67(49-19-8-7-9-20-49)52-36-37-57-56-22-12-14-24-60(56)66(5,6)61(57)43-52/h7-27,29-44H,28H2,1-6H3. The molecule has 0 saturated carbocycles. The van der Waals surface area contributed by atoms with Crippen molar-refractivity contribution in [3.63, 3.8) is 0 Å². The van der Waals surface area contributed by atoms with E-state index in [1.807, 2.05) is 0 Å².